The number of nitrogens with zero attached hydrogens (tertiary/aromatic N) is 1. The van der Waals surface area contributed by atoms with Crippen molar-refractivity contribution in [3.63, 3.8) is 0 Å². The summed E-state index contributed by atoms with van der Waals surface area (Å²) < 4.78 is 5.69. The fourth-order valence-electron chi connectivity index (χ4n) is 3.57. The number of nitrogens with two attached hydrogens (primary N) is 1. The monoisotopic (exact) mass is 240 g/mol. The first-order chi connectivity index (χ1) is 8.00. The molecule has 3 heteroatoms. The van der Waals surface area contributed by atoms with E-state index in [-0.39, 0.29) is 5.54 Å². The zero-order chi connectivity index (χ0) is 12.6. The number of hydrogen-bond acceptors (Lipinski definition) is 3. The van der Waals surface area contributed by atoms with Gasteiger partial charge in [0.25, 0.3) is 0 Å². The van der Waals surface area contributed by atoms with Crippen LogP contribution in [-0.2, 0) is 4.74 Å². The molecule has 2 N–H and O–H groups in total. The smallest absolute Gasteiger partial charge is 0.0703 e. The Morgan fingerprint density at radius 3 is 2.47 bits per heavy atom. The maximum absolute atomic E-state index is 6.06. The summed E-state index contributed by atoms with van der Waals surface area (Å²) in [5, 5.41) is 0. The molecular formula is C14H28N2O. The van der Waals surface area contributed by atoms with Crippen LogP contribution in [0.4, 0.5) is 0 Å². The third-order valence-electron chi connectivity index (χ3n) is 5.19. The minimum Gasteiger partial charge on any atom is -0.377 e. The molecule has 1 heterocycles. The highest BCUT2D eigenvalue weighted by atomic mass is 16.5. The highest BCUT2D eigenvalue weighted by Crippen LogP contribution is 2.46. The van der Waals surface area contributed by atoms with Crippen molar-refractivity contribution in [3.8, 4) is 0 Å². The molecule has 1 aliphatic heterocycles. The minimum atomic E-state index is 0.252. The Labute approximate surface area is 106 Å². The van der Waals surface area contributed by atoms with Crippen LogP contribution in [-0.4, -0.2) is 42.8 Å². The standard InChI is InChI=1S/C14H28N2O/c1-10(2)12-7-14(8-12,9-15)16(4)13-5-6-17-11(13)3/h10-13H,5-9,15H2,1-4H3. The third kappa shape index (κ3) is 2.25. The van der Waals surface area contributed by atoms with E-state index in [9.17, 15) is 0 Å². The molecule has 2 unspecified atom stereocenters. The molecule has 1 saturated carbocycles. The van der Waals surface area contributed by atoms with Gasteiger partial charge in [-0.2, -0.15) is 0 Å². The Morgan fingerprint density at radius 2 is 2.06 bits per heavy atom. The summed E-state index contributed by atoms with van der Waals surface area (Å²) in [7, 11) is 2.25. The average molecular weight is 240 g/mol. The van der Waals surface area contributed by atoms with Gasteiger partial charge < -0.3 is 10.5 Å². The van der Waals surface area contributed by atoms with Gasteiger partial charge in [-0.05, 0) is 45.1 Å². The van der Waals surface area contributed by atoms with Crippen molar-refractivity contribution in [1.82, 2.24) is 4.90 Å². The van der Waals surface area contributed by atoms with Crippen molar-refractivity contribution in [2.75, 3.05) is 20.2 Å². The van der Waals surface area contributed by atoms with E-state index < -0.39 is 0 Å². The van der Waals surface area contributed by atoms with Gasteiger partial charge in [-0.3, -0.25) is 4.90 Å². The van der Waals surface area contributed by atoms with Crippen molar-refractivity contribution in [1.29, 1.82) is 0 Å². The van der Waals surface area contributed by atoms with Gasteiger partial charge in [0.05, 0.1) is 6.10 Å². The molecule has 0 aromatic heterocycles. The largest absolute Gasteiger partial charge is 0.377 e. The molecule has 0 aromatic carbocycles. The van der Waals surface area contributed by atoms with Gasteiger partial charge in [-0.25, -0.2) is 0 Å². The molecule has 2 fully saturated rings. The summed E-state index contributed by atoms with van der Waals surface area (Å²) >= 11 is 0. The Morgan fingerprint density at radius 1 is 1.41 bits per heavy atom. The van der Waals surface area contributed by atoms with Crippen molar-refractivity contribution >= 4 is 0 Å². The van der Waals surface area contributed by atoms with Gasteiger partial charge in [0, 0.05) is 24.7 Å². The number of rotatable bonds is 4. The molecule has 17 heavy (non-hydrogen) atoms. The SMILES string of the molecule is CC(C)C1CC(CN)(N(C)C2CCOC2C)C1. The summed E-state index contributed by atoms with van der Waals surface area (Å²) in [6, 6.07) is 0.562. The number of hydrogen-bond donors (Lipinski definition) is 1. The first-order valence-corrected chi connectivity index (χ1v) is 7.05. The summed E-state index contributed by atoms with van der Waals surface area (Å²) in [6.45, 7) is 8.54. The van der Waals surface area contributed by atoms with E-state index in [1.54, 1.807) is 0 Å². The molecule has 2 rings (SSSR count). The van der Waals surface area contributed by atoms with Crippen LogP contribution in [0.5, 0.6) is 0 Å². The van der Waals surface area contributed by atoms with Crippen molar-refractivity contribution in [2.24, 2.45) is 17.6 Å². The molecule has 0 spiro atoms. The molecule has 1 aliphatic carbocycles. The summed E-state index contributed by atoms with van der Waals surface area (Å²) in [6.07, 6.45) is 4.05. The summed E-state index contributed by atoms with van der Waals surface area (Å²) in [5.74, 6) is 1.65. The zero-order valence-corrected chi connectivity index (χ0v) is 11.8. The highest BCUT2D eigenvalue weighted by molar-refractivity contribution is 5.05. The quantitative estimate of drug-likeness (QED) is 0.815. The van der Waals surface area contributed by atoms with Gasteiger partial charge in [-0.1, -0.05) is 13.8 Å². The highest BCUT2D eigenvalue weighted by Gasteiger charge is 2.50. The van der Waals surface area contributed by atoms with E-state index in [2.05, 4.69) is 32.7 Å². The van der Waals surface area contributed by atoms with Crippen LogP contribution in [0, 0.1) is 11.8 Å². The predicted octanol–water partition coefficient (Wildman–Crippen LogP) is 1.86. The van der Waals surface area contributed by atoms with Gasteiger partial charge in [0.15, 0.2) is 0 Å². The molecule has 2 aliphatic rings. The van der Waals surface area contributed by atoms with E-state index in [1.165, 1.54) is 12.8 Å². The first-order valence-electron chi connectivity index (χ1n) is 7.05. The minimum absolute atomic E-state index is 0.252. The van der Waals surface area contributed by atoms with Crippen LogP contribution in [0.1, 0.15) is 40.0 Å². The zero-order valence-electron chi connectivity index (χ0n) is 11.8. The molecule has 100 valence electrons. The fourth-order valence-corrected chi connectivity index (χ4v) is 3.57. The van der Waals surface area contributed by atoms with Crippen molar-refractivity contribution < 1.29 is 4.74 Å². The van der Waals surface area contributed by atoms with E-state index in [1.807, 2.05) is 0 Å². The summed E-state index contributed by atoms with van der Waals surface area (Å²) in [4.78, 5) is 2.53. The Balaban J connectivity index is 1.99. The normalized spacial score (nSPS) is 42.2. The van der Waals surface area contributed by atoms with Crippen LogP contribution in [0.3, 0.4) is 0 Å². The molecular weight excluding hydrogens is 212 g/mol. The molecule has 0 aromatic rings. The van der Waals surface area contributed by atoms with Crippen molar-refractivity contribution in [2.45, 2.75) is 57.7 Å². The Hall–Kier alpha value is -0.120. The van der Waals surface area contributed by atoms with Crippen LogP contribution in [0.15, 0.2) is 0 Å². The lowest BCUT2D eigenvalue weighted by Crippen LogP contribution is -2.64. The lowest BCUT2D eigenvalue weighted by atomic mass is 9.63. The maximum Gasteiger partial charge on any atom is 0.0703 e. The second-order valence-corrected chi connectivity index (χ2v) is 6.38. The van der Waals surface area contributed by atoms with Crippen LogP contribution in [0.25, 0.3) is 0 Å². The van der Waals surface area contributed by atoms with Crippen molar-refractivity contribution in [3.05, 3.63) is 0 Å². The molecule has 0 radical (unpaired) electrons. The molecule has 3 nitrogen and oxygen atoms in total. The van der Waals surface area contributed by atoms with E-state index in [0.29, 0.717) is 12.1 Å². The van der Waals surface area contributed by atoms with E-state index >= 15 is 0 Å². The maximum atomic E-state index is 6.06. The van der Waals surface area contributed by atoms with E-state index in [4.69, 9.17) is 10.5 Å². The molecule has 1 saturated heterocycles. The number of likely N-dealkylation sites (N-methyl/N-ethyl adjacent to an activating group) is 1. The van der Waals surface area contributed by atoms with Crippen LogP contribution < -0.4 is 5.73 Å². The van der Waals surface area contributed by atoms with Crippen LogP contribution >= 0.6 is 0 Å². The molecule has 0 amide bonds. The van der Waals surface area contributed by atoms with Gasteiger partial charge >= 0.3 is 0 Å². The van der Waals surface area contributed by atoms with E-state index in [0.717, 1.165) is 31.4 Å². The third-order valence-corrected chi connectivity index (χ3v) is 5.19. The predicted molar refractivity (Wildman–Crippen MR) is 70.9 cm³/mol. The Kier molecular flexibility index (Phi) is 3.81. The topological polar surface area (TPSA) is 38.5 Å². The second-order valence-electron chi connectivity index (χ2n) is 6.38. The molecule has 0 bridgehead atoms. The Bertz CT molecular complexity index is 261. The molecule has 2 atom stereocenters. The lowest BCUT2D eigenvalue weighted by molar-refractivity contribution is -0.0565. The van der Waals surface area contributed by atoms with Crippen LogP contribution in [0.2, 0.25) is 0 Å². The first kappa shape index (κ1) is 13.3. The van der Waals surface area contributed by atoms with Gasteiger partial charge in [0.2, 0.25) is 0 Å². The number of ether oxygens (including phenoxy) is 1. The lowest BCUT2D eigenvalue weighted by Gasteiger charge is -2.56. The van der Waals surface area contributed by atoms with Gasteiger partial charge in [-0.15, -0.1) is 0 Å². The second kappa shape index (κ2) is 4.87. The average Bonchev–Trinajstić information content (AvgIpc) is 2.62. The van der Waals surface area contributed by atoms with Gasteiger partial charge in [0.1, 0.15) is 0 Å². The fraction of sp³-hybridized carbons (Fsp3) is 1.00. The summed E-state index contributed by atoms with van der Waals surface area (Å²) in [5.41, 5.74) is 6.31.